The Kier molecular flexibility index (Phi) is 4.75. The molecule has 2 N–H and O–H groups in total. The summed E-state index contributed by atoms with van der Waals surface area (Å²) in [6, 6.07) is 17.2. The van der Waals surface area contributed by atoms with Crippen molar-refractivity contribution in [2.24, 2.45) is 0 Å². The molecule has 2 atom stereocenters. The number of nitrogens with one attached hydrogen (secondary N) is 2. The van der Waals surface area contributed by atoms with Crippen molar-refractivity contribution in [2.45, 2.75) is 37.1 Å². The van der Waals surface area contributed by atoms with E-state index in [1.165, 1.54) is 24.0 Å². The van der Waals surface area contributed by atoms with Crippen LogP contribution in [0.3, 0.4) is 0 Å². The summed E-state index contributed by atoms with van der Waals surface area (Å²) in [6.07, 6.45) is 6.11. The van der Waals surface area contributed by atoms with Crippen LogP contribution in [0.25, 0.3) is 10.9 Å². The number of hydrogen-bond donors (Lipinski definition) is 2. The van der Waals surface area contributed by atoms with Crippen molar-refractivity contribution in [1.29, 1.82) is 5.26 Å². The molecular weight excluding hydrogens is 358 g/mol. The molecule has 1 aliphatic carbocycles. The van der Waals surface area contributed by atoms with E-state index in [0.717, 1.165) is 54.6 Å². The van der Waals surface area contributed by atoms with Crippen molar-refractivity contribution in [3.8, 4) is 6.07 Å². The normalized spacial score (nSPS) is 21.1. The molecule has 2 aliphatic rings. The van der Waals surface area contributed by atoms with Crippen LogP contribution in [-0.2, 0) is 18.3 Å². The number of fused-ring (bicyclic) bond motifs is 2. The predicted molar refractivity (Wildman–Crippen MR) is 114 cm³/mol. The first-order valence-electron chi connectivity index (χ1n) is 10.5. The topological polar surface area (TPSA) is 73.6 Å². The zero-order chi connectivity index (χ0) is 19.7. The number of nitrogens with zero attached hydrogens (tertiary/aromatic N) is 3. The maximum absolute atomic E-state index is 10.8. The van der Waals surface area contributed by atoms with Gasteiger partial charge in [0.2, 0.25) is 0 Å². The highest BCUT2D eigenvalue weighted by atomic mass is 15.1. The summed E-state index contributed by atoms with van der Waals surface area (Å²) >= 11 is 0. The number of para-hydroxylation sites is 1. The van der Waals surface area contributed by atoms with Gasteiger partial charge in [0.15, 0.2) is 0 Å². The number of aryl methyl sites for hydroxylation is 1. The monoisotopic (exact) mass is 383 g/mol. The third kappa shape index (κ3) is 2.91. The lowest BCUT2D eigenvalue weighted by molar-refractivity contribution is 0.341. The molecular formula is C24H25N5. The van der Waals surface area contributed by atoms with Crippen LogP contribution in [0.2, 0.25) is 0 Å². The van der Waals surface area contributed by atoms with Crippen molar-refractivity contribution >= 4 is 10.9 Å². The largest absolute Gasteiger partial charge is 0.314 e. The minimum Gasteiger partial charge on any atom is -0.314 e. The van der Waals surface area contributed by atoms with Crippen LogP contribution in [0, 0.1) is 11.3 Å². The first kappa shape index (κ1) is 18.2. The summed E-state index contributed by atoms with van der Waals surface area (Å²) < 4.78 is 0. The minimum absolute atomic E-state index is 0.0621. The Morgan fingerprint density at radius 3 is 2.76 bits per heavy atom. The maximum Gasteiger partial charge on any atom is 0.141 e. The van der Waals surface area contributed by atoms with E-state index in [9.17, 15) is 5.26 Å². The van der Waals surface area contributed by atoms with Crippen LogP contribution in [0.5, 0.6) is 0 Å². The molecule has 5 heteroatoms. The number of benzene rings is 2. The van der Waals surface area contributed by atoms with E-state index in [2.05, 4.69) is 39.9 Å². The molecule has 2 heterocycles. The molecule has 0 spiro atoms. The standard InChI is InChI=1S/C24H25N5/c25-15-24(22-14-26-12-13-27-22,20-10-5-7-17-6-1-2-8-18(17)20)23-19-9-3-4-11-21(19)28-16-29-23/h3-5,7,9-11,16,22,26-27H,1-2,6,8,12-14H2. The van der Waals surface area contributed by atoms with Gasteiger partial charge in [0.05, 0.1) is 17.3 Å². The smallest absolute Gasteiger partial charge is 0.141 e. The van der Waals surface area contributed by atoms with Gasteiger partial charge >= 0.3 is 0 Å². The number of nitriles is 1. The highest BCUT2D eigenvalue weighted by molar-refractivity contribution is 5.83. The number of piperazine rings is 1. The molecule has 0 radical (unpaired) electrons. The van der Waals surface area contributed by atoms with Crippen LogP contribution in [0.15, 0.2) is 48.8 Å². The highest BCUT2D eigenvalue weighted by Crippen LogP contribution is 2.41. The van der Waals surface area contributed by atoms with E-state index in [0.29, 0.717) is 0 Å². The van der Waals surface area contributed by atoms with Gasteiger partial charge < -0.3 is 10.6 Å². The van der Waals surface area contributed by atoms with Crippen molar-refractivity contribution in [1.82, 2.24) is 20.6 Å². The molecule has 1 saturated heterocycles. The molecule has 146 valence electrons. The Bertz CT molecular complexity index is 1070. The van der Waals surface area contributed by atoms with Gasteiger partial charge in [-0.15, -0.1) is 0 Å². The molecule has 1 aliphatic heterocycles. The lowest BCUT2D eigenvalue weighted by Crippen LogP contribution is -2.59. The number of rotatable bonds is 3. The number of aromatic nitrogens is 2. The summed E-state index contributed by atoms with van der Waals surface area (Å²) in [6.45, 7) is 2.48. The molecule has 0 amide bonds. The fraction of sp³-hybridized carbons (Fsp3) is 0.375. The van der Waals surface area contributed by atoms with E-state index in [1.54, 1.807) is 6.33 Å². The van der Waals surface area contributed by atoms with Crippen LogP contribution >= 0.6 is 0 Å². The Balaban J connectivity index is 1.83. The second-order valence-corrected chi connectivity index (χ2v) is 8.02. The van der Waals surface area contributed by atoms with Gasteiger partial charge in [-0.1, -0.05) is 36.4 Å². The first-order chi connectivity index (χ1) is 14.3. The quantitative estimate of drug-likeness (QED) is 0.728. The summed E-state index contributed by atoms with van der Waals surface area (Å²) in [7, 11) is 0. The van der Waals surface area contributed by atoms with Gasteiger partial charge in [-0.05, 0) is 48.4 Å². The van der Waals surface area contributed by atoms with Crippen LogP contribution in [0.4, 0.5) is 0 Å². The van der Waals surface area contributed by atoms with Crippen molar-refractivity contribution in [3.05, 3.63) is 71.2 Å². The fourth-order valence-electron chi connectivity index (χ4n) is 5.10. The minimum atomic E-state index is -0.876. The molecule has 29 heavy (non-hydrogen) atoms. The highest BCUT2D eigenvalue weighted by Gasteiger charge is 2.47. The van der Waals surface area contributed by atoms with E-state index >= 15 is 0 Å². The van der Waals surface area contributed by atoms with E-state index in [1.807, 2.05) is 24.3 Å². The Morgan fingerprint density at radius 2 is 1.90 bits per heavy atom. The lowest BCUT2D eigenvalue weighted by Gasteiger charge is -2.40. The van der Waals surface area contributed by atoms with E-state index in [4.69, 9.17) is 4.98 Å². The van der Waals surface area contributed by atoms with Gasteiger partial charge in [-0.25, -0.2) is 9.97 Å². The van der Waals surface area contributed by atoms with Crippen molar-refractivity contribution < 1.29 is 0 Å². The third-order valence-corrected chi connectivity index (χ3v) is 6.48. The molecule has 1 aromatic heterocycles. The average molecular weight is 383 g/mol. The lowest BCUT2D eigenvalue weighted by atomic mass is 9.67. The molecule has 2 aromatic carbocycles. The SMILES string of the molecule is N#CC(c1cccc2c1CCCC2)(c1ncnc2ccccc12)C1CNCCN1. The summed E-state index contributed by atoms with van der Waals surface area (Å²) in [5.41, 5.74) is 4.66. The molecule has 3 aromatic rings. The molecule has 2 unspecified atom stereocenters. The second kappa shape index (κ2) is 7.55. The molecule has 0 saturated carbocycles. The molecule has 5 rings (SSSR count). The third-order valence-electron chi connectivity index (χ3n) is 6.48. The summed E-state index contributed by atoms with van der Waals surface area (Å²) in [5.74, 6) is 0. The number of hydrogen-bond acceptors (Lipinski definition) is 5. The molecule has 5 nitrogen and oxygen atoms in total. The Morgan fingerprint density at radius 1 is 1.00 bits per heavy atom. The Hall–Kier alpha value is -2.81. The average Bonchev–Trinajstić information content (AvgIpc) is 2.81. The van der Waals surface area contributed by atoms with E-state index in [-0.39, 0.29) is 6.04 Å². The predicted octanol–water partition coefficient (Wildman–Crippen LogP) is 2.88. The fourth-order valence-corrected chi connectivity index (χ4v) is 5.10. The molecule has 1 fully saturated rings. The molecule has 0 bridgehead atoms. The van der Waals surface area contributed by atoms with E-state index < -0.39 is 5.41 Å². The van der Waals surface area contributed by atoms with Crippen LogP contribution < -0.4 is 10.6 Å². The van der Waals surface area contributed by atoms with Crippen molar-refractivity contribution in [3.63, 3.8) is 0 Å². The maximum atomic E-state index is 10.8. The first-order valence-corrected chi connectivity index (χ1v) is 10.5. The van der Waals surface area contributed by atoms with Gasteiger partial charge in [-0.3, -0.25) is 0 Å². The zero-order valence-electron chi connectivity index (χ0n) is 16.5. The van der Waals surface area contributed by atoms with Crippen molar-refractivity contribution in [2.75, 3.05) is 19.6 Å². The summed E-state index contributed by atoms with van der Waals surface area (Å²) in [5, 5.41) is 18.9. The summed E-state index contributed by atoms with van der Waals surface area (Å²) in [4.78, 5) is 9.21. The van der Waals surface area contributed by atoms with Crippen LogP contribution in [-0.4, -0.2) is 35.6 Å². The van der Waals surface area contributed by atoms with Gasteiger partial charge in [-0.2, -0.15) is 5.26 Å². The van der Waals surface area contributed by atoms with Gasteiger partial charge in [0, 0.05) is 31.1 Å². The second-order valence-electron chi connectivity index (χ2n) is 8.02. The Labute approximate surface area is 171 Å². The van der Waals surface area contributed by atoms with Gasteiger partial charge in [0.1, 0.15) is 11.7 Å². The van der Waals surface area contributed by atoms with Crippen LogP contribution in [0.1, 0.15) is 35.2 Å². The van der Waals surface area contributed by atoms with Gasteiger partial charge in [0.25, 0.3) is 0 Å². The zero-order valence-corrected chi connectivity index (χ0v) is 16.5.